The Morgan fingerprint density at radius 1 is 1.23 bits per heavy atom. The molecule has 0 atom stereocenters. The first-order chi connectivity index (χ1) is 14.6. The van der Waals surface area contributed by atoms with Gasteiger partial charge in [0.05, 0.1) is 11.4 Å². The van der Waals surface area contributed by atoms with Gasteiger partial charge in [0.25, 0.3) is 5.56 Å². The summed E-state index contributed by atoms with van der Waals surface area (Å²) in [5.74, 6) is 0.679. The minimum Gasteiger partial charge on any atom is -0.325 e. The Labute approximate surface area is 184 Å². The number of rotatable bonds is 7. The number of hydrogen-bond donors (Lipinski definition) is 1. The first-order valence-corrected chi connectivity index (χ1v) is 12.5. The molecule has 2 aromatic heterocycles. The lowest BCUT2D eigenvalue weighted by atomic mass is 10.0. The van der Waals surface area contributed by atoms with Crippen LogP contribution in [-0.2, 0) is 23.4 Å². The summed E-state index contributed by atoms with van der Waals surface area (Å²) in [5.41, 5.74) is 2.78. The highest BCUT2D eigenvalue weighted by Crippen LogP contribution is 2.31. The molecule has 0 spiro atoms. The van der Waals surface area contributed by atoms with E-state index < -0.39 is 0 Å². The minimum absolute atomic E-state index is 0.0188. The van der Waals surface area contributed by atoms with E-state index in [4.69, 9.17) is 4.98 Å². The van der Waals surface area contributed by atoms with E-state index in [0.29, 0.717) is 5.75 Å². The molecule has 0 bridgehead atoms. The van der Waals surface area contributed by atoms with Gasteiger partial charge in [0.2, 0.25) is 5.91 Å². The van der Waals surface area contributed by atoms with Gasteiger partial charge in [-0.05, 0) is 50.7 Å². The molecule has 4 rings (SSSR count). The first kappa shape index (κ1) is 21.1. The monoisotopic (exact) mass is 441 g/mol. The molecule has 5 nitrogen and oxygen atoms in total. The molecular formula is C23H27N3O2S2. The van der Waals surface area contributed by atoms with Gasteiger partial charge in [-0.15, -0.1) is 23.1 Å². The van der Waals surface area contributed by atoms with Crippen molar-refractivity contribution in [2.75, 3.05) is 5.32 Å². The Morgan fingerprint density at radius 3 is 2.80 bits per heavy atom. The molecule has 0 unspecified atom stereocenters. The molecule has 1 aromatic carbocycles. The molecule has 7 heteroatoms. The highest BCUT2D eigenvalue weighted by atomic mass is 32.2. The van der Waals surface area contributed by atoms with Crippen molar-refractivity contribution in [3.05, 3.63) is 57.0 Å². The Kier molecular flexibility index (Phi) is 6.58. The van der Waals surface area contributed by atoms with Crippen molar-refractivity contribution in [2.24, 2.45) is 5.92 Å². The predicted molar refractivity (Wildman–Crippen MR) is 125 cm³/mol. The number of anilines is 1. The van der Waals surface area contributed by atoms with E-state index in [9.17, 15) is 9.59 Å². The summed E-state index contributed by atoms with van der Waals surface area (Å²) in [7, 11) is 0. The van der Waals surface area contributed by atoms with Crippen LogP contribution in [0.25, 0.3) is 4.96 Å². The third-order valence-electron chi connectivity index (χ3n) is 5.69. The SMILES string of the molecule is CCC(CC)C(=O)Nc1ccccc1SCc1cc(=O)n2c3c(sc2n1)CCCC3. The molecule has 1 aliphatic carbocycles. The van der Waals surface area contributed by atoms with Crippen molar-refractivity contribution < 1.29 is 4.79 Å². The molecule has 0 aliphatic heterocycles. The maximum Gasteiger partial charge on any atom is 0.259 e. The zero-order chi connectivity index (χ0) is 21.1. The number of nitrogens with zero attached hydrogens (tertiary/aromatic N) is 2. The number of benzene rings is 1. The van der Waals surface area contributed by atoms with Crippen LogP contribution >= 0.6 is 23.1 Å². The van der Waals surface area contributed by atoms with Crippen molar-refractivity contribution in [1.82, 2.24) is 9.38 Å². The third-order valence-corrected chi connectivity index (χ3v) is 7.94. The van der Waals surface area contributed by atoms with E-state index in [1.54, 1.807) is 33.6 Å². The van der Waals surface area contributed by atoms with Crippen molar-refractivity contribution in [2.45, 2.75) is 63.0 Å². The lowest BCUT2D eigenvalue weighted by Gasteiger charge is -2.15. The average molecular weight is 442 g/mol. The number of hydrogen-bond acceptors (Lipinski definition) is 5. The van der Waals surface area contributed by atoms with Crippen molar-refractivity contribution in [1.29, 1.82) is 0 Å². The highest BCUT2D eigenvalue weighted by molar-refractivity contribution is 7.98. The fraction of sp³-hybridized carbons (Fsp3) is 0.435. The standard InChI is InChI=1S/C23H27N3O2S2/c1-3-15(4-2)22(28)25-17-9-5-7-11-19(17)29-14-16-13-21(27)26-18-10-6-8-12-20(18)30-23(26)24-16/h5,7,9,11,13,15H,3-4,6,8,10,12,14H2,1-2H3,(H,25,28). The summed E-state index contributed by atoms with van der Waals surface area (Å²) in [6, 6.07) is 9.49. The zero-order valence-corrected chi connectivity index (χ0v) is 19.1. The topological polar surface area (TPSA) is 63.5 Å². The van der Waals surface area contributed by atoms with E-state index in [0.717, 1.165) is 59.0 Å². The second-order valence-corrected chi connectivity index (χ2v) is 9.75. The van der Waals surface area contributed by atoms with Gasteiger partial charge in [-0.2, -0.15) is 0 Å². The average Bonchev–Trinajstić information content (AvgIpc) is 3.13. The Bertz CT molecular complexity index is 1120. The fourth-order valence-corrected chi connectivity index (χ4v) is 6.09. The lowest BCUT2D eigenvalue weighted by molar-refractivity contribution is -0.120. The van der Waals surface area contributed by atoms with Crippen LogP contribution in [0.5, 0.6) is 0 Å². The number of thioether (sulfide) groups is 1. The summed E-state index contributed by atoms with van der Waals surface area (Å²) < 4.78 is 1.80. The van der Waals surface area contributed by atoms with Gasteiger partial charge in [0, 0.05) is 33.2 Å². The van der Waals surface area contributed by atoms with Crippen LogP contribution in [0.3, 0.4) is 0 Å². The molecule has 1 amide bonds. The number of carbonyl (C=O) groups is 1. The van der Waals surface area contributed by atoms with Gasteiger partial charge in [-0.25, -0.2) is 4.98 Å². The van der Waals surface area contributed by atoms with Crippen LogP contribution < -0.4 is 10.9 Å². The summed E-state index contributed by atoms with van der Waals surface area (Å²) >= 11 is 3.26. The van der Waals surface area contributed by atoms with E-state index >= 15 is 0 Å². The summed E-state index contributed by atoms with van der Waals surface area (Å²) in [5, 5.41) is 3.08. The van der Waals surface area contributed by atoms with Gasteiger partial charge in [0.15, 0.2) is 4.96 Å². The van der Waals surface area contributed by atoms with Gasteiger partial charge in [0.1, 0.15) is 0 Å². The molecule has 0 saturated heterocycles. The summed E-state index contributed by atoms with van der Waals surface area (Å²) in [6.45, 7) is 4.08. The zero-order valence-electron chi connectivity index (χ0n) is 17.4. The normalized spacial score (nSPS) is 13.6. The number of amides is 1. The Hall–Kier alpha value is -2.12. The molecular weight excluding hydrogens is 414 g/mol. The Morgan fingerprint density at radius 2 is 2.00 bits per heavy atom. The summed E-state index contributed by atoms with van der Waals surface area (Å²) in [6.07, 6.45) is 6.01. The van der Waals surface area contributed by atoms with Crippen LogP contribution in [0, 0.1) is 5.92 Å². The number of fused-ring (bicyclic) bond motifs is 3. The van der Waals surface area contributed by atoms with Crippen LogP contribution in [0.15, 0.2) is 40.0 Å². The van der Waals surface area contributed by atoms with Gasteiger partial charge >= 0.3 is 0 Å². The smallest absolute Gasteiger partial charge is 0.259 e. The molecule has 0 fully saturated rings. The largest absolute Gasteiger partial charge is 0.325 e. The maximum absolute atomic E-state index is 12.8. The lowest BCUT2D eigenvalue weighted by Crippen LogP contribution is -2.21. The molecule has 30 heavy (non-hydrogen) atoms. The molecule has 158 valence electrons. The van der Waals surface area contributed by atoms with E-state index in [2.05, 4.69) is 5.32 Å². The van der Waals surface area contributed by atoms with Crippen LogP contribution in [-0.4, -0.2) is 15.3 Å². The fourth-order valence-electron chi connectivity index (χ4n) is 3.96. The first-order valence-electron chi connectivity index (χ1n) is 10.7. The molecule has 0 radical (unpaired) electrons. The van der Waals surface area contributed by atoms with Crippen LogP contribution in [0.1, 0.15) is 55.8 Å². The number of thiazole rings is 1. The Balaban J connectivity index is 1.53. The van der Waals surface area contributed by atoms with Crippen molar-refractivity contribution in [3.63, 3.8) is 0 Å². The molecule has 2 heterocycles. The number of aromatic nitrogens is 2. The third kappa shape index (κ3) is 4.32. The van der Waals surface area contributed by atoms with E-state index in [1.807, 2.05) is 38.1 Å². The van der Waals surface area contributed by atoms with Gasteiger partial charge < -0.3 is 5.32 Å². The maximum atomic E-state index is 12.8. The number of carbonyl (C=O) groups excluding carboxylic acids is 1. The molecule has 3 aromatic rings. The van der Waals surface area contributed by atoms with E-state index in [-0.39, 0.29) is 17.4 Å². The van der Waals surface area contributed by atoms with E-state index in [1.165, 1.54) is 11.3 Å². The molecule has 1 aliphatic rings. The van der Waals surface area contributed by atoms with Crippen molar-refractivity contribution in [3.8, 4) is 0 Å². The quantitative estimate of drug-likeness (QED) is 0.505. The second kappa shape index (κ2) is 9.35. The molecule has 1 N–H and O–H groups in total. The minimum atomic E-state index is 0.0188. The number of nitrogens with one attached hydrogen (secondary N) is 1. The summed E-state index contributed by atoms with van der Waals surface area (Å²) in [4.78, 5) is 33.2. The van der Waals surface area contributed by atoms with Gasteiger partial charge in [-0.1, -0.05) is 26.0 Å². The highest BCUT2D eigenvalue weighted by Gasteiger charge is 2.19. The van der Waals surface area contributed by atoms with Crippen LogP contribution in [0.4, 0.5) is 5.69 Å². The number of para-hydroxylation sites is 1. The van der Waals surface area contributed by atoms with Gasteiger partial charge in [-0.3, -0.25) is 14.0 Å². The number of aryl methyl sites for hydroxylation is 2. The van der Waals surface area contributed by atoms with Crippen LogP contribution in [0.2, 0.25) is 0 Å². The second-order valence-electron chi connectivity index (χ2n) is 7.67. The molecule has 0 saturated carbocycles. The van der Waals surface area contributed by atoms with Crippen molar-refractivity contribution >= 4 is 39.7 Å². The predicted octanol–water partition coefficient (Wildman–Crippen LogP) is 5.30.